The van der Waals surface area contributed by atoms with Crippen molar-refractivity contribution in [2.45, 2.75) is 45.7 Å². The minimum absolute atomic E-state index is 0.00327. The molecular formula is C18H24N6O. The van der Waals surface area contributed by atoms with Crippen molar-refractivity contribution in [2.75, 3.05) is 7.11 Å². The lowest BCUT2D eigenvalue weighted by atomic mass is 10.1. The maximum absolute atomic E-state index is 5.21. The predicted octanol–water partition coefficient (Wildman–Crippen LogP) is 2.88. The van der Waals surface area contributed by atoms with Crippen molar-refractivity contribution in [3.8, 4) is 5.75 Å². The quantitative estimate of drug-likeness (QED) is 0.630. The van der Waals surface area contributed by atoms with Gasteiger partial charge >= 0.3 is 0 Å². The van der Waals surface area contributed by atoms with Crippen LogP contribution in [0, 0.1) is 0 Å². The van der Waals surface area contributed by atoms with Gasteiger partial charge in [-0.05, 0) is 31.0 Å². The highest BCUT2D eigenvalue weighted by atomic mass is 16.5. The van der Waals surface area contributed by atoms with Gasteiger partial charge in [-0.15, -0.1) is 0 Å². The average molecular weight is 340 g/mol. The third kappa shape index (κ3) is 4.04. The van der Waals surface area contributed by atoms with Gasteiger partial charge in [0.05, 0.1) is 7.11 Å². The van der Waals surface area contributed by atoms with Gasteiger partial charge in [-0.3, -0.25) is 0 Å². The smallest absolute Gasteiger partial charge is 0.155 e. The highest BCUT2D eigenvalue weighted by Gasteiger charge is 2.18. The summed E-state index contributed by atoms with van der Waals surface area (Å²) in [6.45, 7) is 5.11. The van der Waals surface area contributed by atoms with Crippen LogP contribution in [0.15, 0.2) is 36.9 Å². The zero-order chi connectivity index (χ0) is 17.6. The average Bonchev–Trinajstić information content (AvgIpc) is 3.30. The Bertz CT molecular complexity index is 779. The number of methoxy groups -OCH3 is 1. The summed E-state index contributed by atoms with van der Waals surface area (Å²) in [5.41, 5.74) is 1.16. The van der Waals surface area contributed by atoms with E-state index in [0.29, 0.717) is 6.42 Å². The molecule has 1 atom stereocenters. The fourth-order valence-corrected chi connectivity index (χ4v) is 2.72. The molecule has 0 radical (unpaired) electrons. The fraction of sp³-hybridized carbons (Fsp3) is 0.444. The van der Waals surface area contributed by atoms with E-state index in [9.17, 15) is 0 Å². The van der Waals surface area contributed by atoms with Crippen LogP contribution in [0.2, 0.25) is 0 Å². The lowest BCUT2D eigenvalue weighted by Crippen LogP contribution is -2.15. The van der Waals surface area contributed by atoms with Crippen molar-refractivity contribution >= 4 is 0 Å². The van der Waals surface area contributed by atoms with E-state index in [4.69, 9.17) is 14.8 Å². The third-order valence-electron chi connectivity index (χ3n) is 4.20. The first kappa shape index (κ1) is 17.1. The molecule has 0 bridgehead atoms. The van der Waals surface area contributed by atoms with Crippen LogP contribution in [0.1, 0.15) is 49.9 Å². The molecule has 0 spiro atoms. The molecule has 0 saturated carbocycles. The second-order valence-electron chi connectivity index (χ2n) is 6.04. The first-order chi connectivity index (χ1) is 12.2. The standard InChI is InChI=1S/C18H24N6O/c1-4-5-10-23-18(14(2)24-13-19-12-20-24)21-17(22-23)11-15-6-8-16(25-3)9-7-15/h6-9,12-14H,4-5,10-11H2,1-3H3. The van der Waals surface area contributed by atoms with Crippen LogP contribution in [-0.4, -0.2) is 36.6 Å². The van der Waals surface area contributed by atoms with E-state index >= 15 is 0 Å². The number of hydrogen-bond acceptors (Lipinski definition) is 5. The molecule has 2 aromatic heterocycles. The Morgan fingerprint density at radius 3 is 2.64 bits per heavy atom. The zero-order valence-electron chi connectivity index (χ0n) is 15.0. The van der Waals surface area contributed by atoms with E-state index in [0.717, 1.165) is 42.3 Å². The van der Waals surface area contributed by atoms with Gasteiger partial charge in [0.25, 0.3) is 0 Å². The Morgan fingerprint density at radius 1 is 1.20 bits per heavy atom. The summed E-state index contributed by atoms with van der Waals surface area (Å²) in [5, 5.41) is 8.97. The lowest BCUT2D eigenvalue weighted by Gasteiger charge is -2.12. The van der Waals surface area contributed by atoms with Gasteiger partial charge < -0.3 is 4.74 Å². The molecule has 1 unspecified atom stereocenters. The van der Waals surface area contributed by atoms with Crippen LogP contribution in [0.5, 0.6) is 5.75 Å². The van der Waals surface area contributed by atoms with Crippen LogP contribution in [0.3, 0.4) is 0 Å². The van der Waals surface area contributed by atoms with E-state index in [1.807, 2.05) is 33.6 Å². The second-order valence-corrected chi connectivity index (χ2v) is 6.04. The number of aryl methyl sites for hydroxylation is 1. The van der Waals surface area contributed by atoms with Crippen molar-refractivity contribution in [1.82, 2.24) is 29.5 Å². The molecule has 0 saturated heterocycles. The van der Waals surface area contributed by atoms with Gasteiger partial charge in [0.1, 0.15) is 24.4 Å². The number of benzene rings is 1. The van der Waals surface area contributed by atoms with Crippen LogP contribution in [-0.2, 0) is 13.0 Å². The molecule has 0 aliphatic heterocycles. The molecule has 25 heavy (non-hydrogen) atoms. The van der Waals surface area contributed by atoms with Crippen molar-refractivity contribution in [3.63, 3.8) is 0 Å². The van der Waals surface area contributed by atoms with Crippen LogP contribution in [0.25, 0.3) is 0 Å². The van der Waals surface area contributed by atoms with Gasteiger partial charge in [-0.25, -0.2) is 19.3 Å². The number of unbranched alkanes of at least 4 members (excludes halogenated alkanes) is 1. The Kier molecular flexibility index (Phi) is 5.42. The number of ether oxygens (including phenoxy) is 1. The van der Waals surface area contributed by atoms with Crippen molar-refractivity contribution in [2.24, 2.45) is 0 Å². The van der Waals surface area contributed by atoms with Crippen molar-refractivity contribution < 1.29 is 4.74 Å². The summed E-state index contributed by atoms with van der Waals surface area (Å²) in [7, 11) is 1.67. The lowest BCUT2D eigenvalue weighted by molar-refractivity contribution is 0.414. The molecule has 3 rings (SSSR count). The largest absolute Gasteiger partial charge is 0.497 e. The first-order valence-electron chi connectivity index (χ1n) is 8.62. The molecule has 7 nitrogen and oxygen atoms in total. The summed E-state index contributed by atoms with van der Waals surface area (Å²) in [6.07, 6.45) is 6.14. The van der Waals surface area contributed by atoms with E-state index in [2.05, 4.69) is 23.9 Å². The maximum Gasteiger partial charge on any atom is 0.155 e. The summed E-state index contributed by atoms with van der Waals surface area (Å²) in [4.78, 5) is 8.82. The SMILES string of the molecule is CCCCn1nc(Cc2ccc(OC)cc2)nc1C(C)n1cncn1. The number of nitrogens with zero attached hydrogens (tertiary/aromatic N) is 6. The van der Waals surface area contributed by atoms with Crippen molar-refractivity contribution in [1.29, 1.82) is 0 Å². The van der Waals surface area contributed by atoms with Gasteiger partial charge in [0, 0.05) is 13.0 Å². The van der Waals surface area contributed by atoms with E-state index in [-0.39, 0.29) is 6.04 Å². The molecular weight excluding hydrogens is 316 g/mol. The molecule has 0 N–H and O–H groups in total. The molecule has 0 aliphatic carbocycles. The molecule has 0 fully saturated rings. The normalized spacial score (nSPS) is 12.3. The van der Waals surface area contributed by atoms with Crippen LogP contribution < -0.4 is 4.74 Å². The highest BCUT2D eigenvalue weighted by Crippen LogP contribution is 2.18. The van der Waals surface area contributed by atoms with E-state index < -0.39 is 0 Å². The second kappa shape index (κ2) is 7.92. The van der Waals surface area contributed by atoms with E-state index in [1.54, 1.807) is 19.8 Å². The fourth-order valence-electron chi connectivity index (χ4n) is 2.72. The van der Waals surface area contributed by atoms with Crippen LogP contribution >= 0.6 is 0 Å². The highest BCUT2D eigenvalue weighted by molar-refractivity contribution is 5.28. The molecule has 3 aromatic rings. The Labute approximate surface area is 147 Å². The molecule has 0 aliphatic rings. The zero-order valence-corrected chi connectivity index (χ0v) is 15.0. The topological polar surface area (TPSA) is 70.7 Å². The molecule has 0 amide bonds. The molecule has 132 valence electrons. The minimum atomic E-state index is -0.00327. The summed E-state index contributed by atoms with van der Waals surface area (Å²) >= 11 is 0. The predicted molar refractivity (Wildman–Crippen MR) is 94.6 cm³/mol. The number of aromatic nitrogens is 6. The first-order valence-corrected chi connectivity index (χ1v) is 8.62. The van der Waals surface area contributed by atoms with Gasteiger partial charge in [0.15, 0.2) is 11.6 Å². The Balaban J connectivity index is 1.84. The van der Waals surface area contributed by atoms with Crippen LogP contribution in [0.4, 0.5) is 0 Å². The van der Waals surface area contributed by atoms with Gasteiger partial charge in [0.2, 0.25) is 0 Å². The van der Waals surface area contributed by atoms with Gasteiger partial charge in [-0.2, -0.15) is 10.2 Å². The minimum Gasteiger partial charge on any atom is -0.497 e. The van der Waals surface area contributed by atoms with E-state index in [1.165, 1.54) is 0 Å². The monoisotopic (exact) mass is 340 g/mol. The Morgan fingerprint density at radius 2 is 2.00 bits per heavy atom. The Hall–Kier alpha value is -2.70. The number of hydrogen-bond donors (Lipinski definition) is 0. The van der Waals surface area contributed by atoms with Crippen molar-refractivity contribution in [3.05, 3.63) is 54.1 Å². The maximum atomic E-state index is 5.21. The molecule has 2 heterocycles. The van der Waals surface area contributed by atoms with Gasteiger partial charge in [-0.1, -0.05) is 25.5 Å². The number of rotatable bonds is 8. The molecule has 7 heteroatoms. The summed E-state index contributed by atoms with van der Waals surface area (Å²) in [5.74, 6) is 2.59. The summed E-state index contributed by atoms with van der Waals surface area (Å²) < 4.78 is 9.03. The summed E-state index contributed by atoms with van der Waals surface area (Å²) in [6, 6.07) is 8.01. The third-order valence-corrected chi connectivity index (χ3v) is 4.20. The molecule has 1 aromatic carbocycles.